The summed E-state index contributed by atoms with van der Waals surface area (Å²) in [6.07, 6.45) is 0. The van der Waals surface area contributed by atoms with Crippen LogP contribution >= 0.6 is 0 Å². The molecular weight excluding hydrogens is 546 g/mol. The Hall–Kier alpha value is -6.06. The minimum atomic E-state index is 0.672. The summed E-state index contributed by atoms with van der Waals surface area (Å²) < 4.78 is 2.26. The van der Waals surface area contributed by atoms with Crippen LogP contribution in [0.4, 0.5) is 0 Å². The first kappa shape index (κ1) is 24.4. The van der Waals surface area contributed by atoms with Crippen LogP contribution in [0, 0.1) is 0 Å². The number of rotatable bonds is 2. The molecule has 2 aromatic heterocycles. The largest absolute Gasteiger partial charge is 0.278 e. The Labute approximate surface area is 259 Å². The lowest BCUT2D eigenvalue weighted by atomic mass is 9.92. The highest BCUT2D eigenvalue weighted by Crippen LogP contribution is 2.49. The number of para-hydroxylation sites is 2. The van der Waals surface area contributed by atoms with Crippen LogP contribution in [0.25, 0.3) is 94.1 Å². The molecule has 0 saturated heterocycles. The zero-order valence-corrected chi connectivity index (χ0v) is 24.3. The van der Waals surface area contributed by atoms with Gasteiger partial charge in [-0.3, -0.25) is 4.57 Å². The van der Waals surface area contributed by atoms with Gasteiger partial charge in [-0.15, -0.1) is 0 Å². The Balaban J connectivity index is 1.35. The molecule has 0 radical (unpaired) electrons. The third-order valence-corrected chi connectivity index (χ3v) is 9.35. The number of aromatic nitrogens is 3. The molecule has 0 aliphatic heterocycles. The maximum Gasteiger partial charge on any atom is 0.235 e. The summed E-state index contributed by atoms with van der Waals surface area (Å²) in [5.41, 5.74) is 12.6. The van der Waals surface area contributed by atoms with E-state index < -0.39 is 0 Å². The minimum absolute atomic E-state index is 0.672. The molecule has 0 amide bonds. The van der Waals surface area contributed by atoms with Crippen molar-refractivity contribution in [1.82, 2.24) is 14.5 Å². The zero-order valence-electron chi connectivity index (χ0n) is 24.3. The van der Waals surface area contributed by atoms with Gasteiger partial charge in [-0.2, -0.15) is 0 Å². The molecule has 10 rings (SSSR count). The van der Waals surface area contributed by atoms with Gasteiger partial charge in [0.25, 0.3) is 0 Å². The average molecular weight is 572 g/mol. The number of fused-ring (bicyclic) bond motifs is 9. The summed E-state index contributed by atoms with van der Waals surface area (Å²) in [6, 6.07) is 54.3. The normalized spacial score (nSPS) is 12.0. The van der Waals surface area contributed by atoms with E-state index in [1.165, 1.54) is 54.9 Å². The highest BCUT2D eigenvalue weighted by atomic mass is 15.2. The van der Waals surface area contributed by atoms with Crippen molar-refractivity contribution in [2.45, 2.75) is 0 Å². The Morgan fingerprint density at radius 3 is 1.84 bits per heavy atom. The zero-order chi connectivity index (χ0) is 29.5. The molecule has 0 fully saturated rings. The van der Waals surface area contributed by atoms with E-state index >= 15 is 0 Å². The van der Waals surface area contributed by atoms with Gasteiger partial charge in [-0.25, -0.2) is 9.97 Å². The van der Waals surface area contributed by atoms with Crippen LogP contribution in [0.5, 0.6) is 0 Å². The lowest BCUT2D eigenvalue weighted by Gasteiger charge is -2.14. The van der Waals surface area contributed by atoms with Gasteiger partial charge in [0.1, 0.15) is 0 Å². The van der Waals surface area contributed by atoms with Gasteiger partial charge in [0.05, 0.1) is 22.2 Å². The second-order valence-electron chi connectivity index (χ2n) is 11.8. The van der Waals surface area contributed by atoms with Gasteiger partial charge < -0.3 is 0 Å². The van der Waals surface area contributed by atoms with Crippen LogP contribution in [-0.2, 0) is 0 Å². The lowest BCUT2D eigenvalue weighted by molar-refractivity contribution is 1.01. The van der Waals surface area contributed by atoms with Crippen molar-refractivity contribution in [3.8, 4) is 50.6 Å². The van der Waals surface area contributed by atoms with Crippen LogP contribution in [0.2, 0.25) is 0 Å². The number of nitrogens with zero attached hydrogens (tertiary/aromatic N) is 3. The van der Waals surface area contributed by atoms with Gasteiger partial charge >= 0.3 is 0 Å². The quantitative estimate of drug-likeness (QED) is 0.207. The molecule has 2 heterocycles. The van der Waals surface area contributed by atoms with E-state index in [9.17, 15) is 0 Å². The molecule has 208 valence electrons. The average Bonchev–Trinajstić information content (AvgIpc) is 3.38. The van der Waals surface area contributed by atoms with Gasteiger partial charge in [-0.1, -0.05) is 127 Å². The monoisotopic (exact) mass is 571 g/mol. The highest BCUT2D eigenvalue weighted by Gasteiger charge is 2.24. The predicted molar refractivity (Wildman–Crippen MR) is 187 cm³/mol. The van der Waals surface area contributed by atoms with E-state index in [0.717, 1.165) is 33.2 Å². The van der Waals surface area contributed by atoms with Gasteiger partial charge in [0.2, 0.25) is 5.95 Å². The Kier molecular flexibility index (Phi) is 5.00. The molecular formula is C42H25N3. The second-order valence-corrected chi connectivity index (χ2v) is 11.8. The summed E-state index contributed by atoms with van der Waals surface area (Å²) in [6.45, 7) is 0. The van der Waals surface area contributed by atoms with E-state index in [4.69, 9.17) is 9.97 Å². The van der Waals surface area contributed by atoms with E-state index in [1.807, 2.05) is 6.07 Å². The summed E-state index contributed by atoms with van der Waals surface area (Å²) in [4.78, 5) is 10.5. The van der Waals surface area contributed by atoms with Crippen molar-refractivity contribution in [3.63, 3.8) is 0 Å². The standard InChI is InChI=1S/C42H25N3/c1-2-12-27(13-3-1)41-33-19-6-8-22-37(33)43-42(44-41)45-38-23-9-7-18-30(38)36-24-34-32-21-11-15-26-14-10-20-31(40(26)32)28-16-4-5-17-29(28)35(34)25-39(36)45/h1-25H. The van der Waals surface area contributed by atoms with Crippen LogP contribution in [0.3, 0.4) is 0 Å². The first-order chi connectivity index (χ1) is 22.3. The minimum Gasteiger partial charge on any atom is -0.278 e. The summed E-state index contributed by atoms with van der Waals surface area (Å²) in [5.74, 6) is 0.672. The number of hydrogen-bond acceptors (Lipinski definition) is 2. The van der Waals surface area contributed by atoms with E-state index in [1.54, 1.807) is 0 Å². The number of hydrogen-bond donors (Lipinski definition) is 0. The van der Waals surface area contributed by atoms with Crippen molar-refractivity contribution in [2.75, 3.05) is 0 Å². The van der Waals surface area contributed by atoms with Crippen molar-refractivity contribution in [1.29, 1.82) is 0 Å². The predicted octanol–water partition coefficient (Wildman–Crippen LogP) is 10.9. The Bertz CT molecular complexity index is 2640. The molecule has 0 saturated carbocycles. The van der Waals surface area contributed by atoms with E-state index in [-0.39, 0.29) is 0 Å². The highest BCUT2D eigenvalue weighted by molar-refractivity contribution is 6.18. The number of benzene rings is 7. The van der Waals surface area contributed by atoms with Crippen molar-refractivity contribution in [3.05, 3.63) is 152 Å². The molecule has 45 heavy (non-hydrogen) atoms. The fourth-order valence-corrected chi connectivity index (χ4v) is 7.40. The third-order valence-electron chi connectivity index (χ3n) is 9.35. The van der Waals surface area contributed by atoms with Crippen molar-refractivity contribution < 1.29 is 0 Å². The van der Waals surface area contributed by atoms with Crippen LogP contribution in [0.15, 0.2) is 152 Å². The fraction of sp³-hybridized carbons (Fsp3) is 0. The molecule has 1 aliphatic carbocycles. The third kappa shape index (κ3) is 3.46. The first-order valence-corrected chi connectivity index (χ1v) is 15.4. The molecule has 9 aromatic rings. The molecule has 0 bridgehead atoms. The fourth-order valence-electron chi connectivity index (χ4n) is 7.40. The van der Waals surface area contributed by atoms with Gasteiger partial charge in [-0.05, 0) is 68.4 Å². The molecule has 1 aliphatic rings. The Morgan fingerprint density at radius 1 is 0.400 bits per heavy atom. The molecule has 0 atom stereocenters. The van der Waals surface area contributed by atoms with Crippen molar-refractivity contribution in [2.24, 2.45) is 0 Å². The maximum absolute atomic E-state index is 5.30. The Morgan fingerprint density at radius 2 is 1.02 bits per heavy atom. The van der Waals surface area contributed by atoms with Crippen LogP contribution in [0.1, 0.15) is 0 Å². The molecule has 0 spiro atoms. The van der Waals surface area contributed by atoms with Crippen LogP contribution < -0.4 is 0 Å². The van der Waals surface area contributed by atoms with Crippen molar-refractivity contribution >= 4 is 43.5 Å². The van der Waals surface area contributed by atoms with E-state index in [2.05, 4.69) is 150 Å². The lowest BCUT2D eigenvalue weighted by Crippen LogP contribution is -2.03. The van der Waals surface area contributed by atoms with Gasteiger partial charge in [0, 0.05) is 21.7 Å². The summed E-state index contributed by atoms with van der Waals surface area (Å²) in [7, 11) is 0. The summed E-state index contributed by atoms with van der Waals surface area (Å²) >= 11 is 0. The van der Waals surface area contributed by atoms with Gasteiger partial charge in [0.15, 0.2) is 0 Å². The second kappa shape index (κ2) is 9.22. The topological polar surface area (TPSA) is 30.7 Å². The molecule has 0 unspecified atom stereocenters. The molecule has 7 aromatic carbocycles. The van der Waals surface area contributed by atoms with E-state index in [0.29, 0.717) is 5.95 Å². The molecule has 3 heteroatoms. The molecule has 3 nitrogen and oxygen atoms in total. The maximum atomic E-state index is 5.30. The first-order valence-electron chi connectivity index (χ1n) is 15.4. The molecule has 0 N–H and O–H groups in total. The van der Waals surface area contributed by atoms with Crippen LogP contribution in [-0.4, -0.2) is 14.5 Å². The SMILES string of the molecule is c1ccc(-c2nc(-n3c4ccccc4c4cc5c(cc43)-c3ccccc3-c3cccc4cccc-5c34)nc3ccccc23)cc1. The summed E-state index contributed by atoms with van der Waals surface area (Å²) in [5, 5.41) is 5.98. The smallest absolute Gasteiger partial charge is 0.235 e.